The molecule has 0 heterocycles. The number of hydrogen-bond acceptors (Lipinski definition) is 4. The molecule has 0 spiro atoms. The molecule has 6 nitrogen and oxygen atoms in total. The Morgan fingerprint density at radius 2 is 1.69 bits per heavy atom. The zero-order chi connectivity index (χ0) is 19.5. The summed E-state index contributed by atoms with van der Waals surface area (Å²) in [4.78, 5) is 18.8. The summed E-state index contributed by atoms with van der Waals surface area (Å²) in [6.45, 7) is 0.269. The molecule has 0 unspecified atom stereocenters. The second-order valence-corrected chi connectivity index (χ2v) is 8.22. The van der Waals surface area contributed by atoms with Crippen molar-refractivity contribution in [2.24, 2.45) is 0 Å². The first-order valence-corrected chi connectivity index (χ1v) is 9.69. The Morgan fingerprint density at radius 3 is 2.27 bits per heavy atom. The first-order valence-electron chi connectivity index (χ1n) is 7.50. The van der Waals surface area contributed by atoms with Crippen LogP contribution < -0.4 is 0 Å². The third-order valence-electron chi connectivity index (χ3n) is 3.78. The number of amides is 1. The van der Waals surface area contributed by atoms with Gasteiger partial charge in [-0.3, -0.25) is 9.63 Å². The lowest BCUT2D eigenvalue weighted by Gasteiger charge is -2.19. The van der Waals surface area contributed by atoms with E-state index in [2.05, 4.69) is 0 Å². The average Bonchev–Trinajstić information content (AvgIpc) is 2.64. The minimum Gasteiger partial charge on any atom is -0.337 e. The van der Waals surface area contributed by atoms with Gasteiger partial charge in [-0.05, 0) is 35.9 Å². The van der Waals surface area contributed by atoms with Gasteiger partial charge in [0.25, 0.3) is 15.9 Å². The van der Waals surface area contributed by atoms with E-state index in [1.54, 1.807) is 25.2 Å². The van der Waals surface area contributed by atoms with E-state index >= 15 is 0 Å². The molecule has 140 valence electrons. The highest BCUT2D eigenvalue weighted by Gasteiger charge is 2.21. The Labute approximate surface area is 162 Å². The highest BCUT2D eigenvalue weighted by atomic mass is 35.5. The van der Waals surface area contributed by atoms with Crippen LogP contribution in [0.3, 0.4) is 0 Å². The van der Waals surface area contributed by atoms with E-state index in [9.17, 15) is 13.2 Å². The second kappa shape index (κ2) is 8.37. The summed E-state index contributed by atoms with van der Waals surface area (Å²) >= 11 is 12.1. The van der Waals surface area contributed by atoms with Crippen LogP contribution in [0, 0.1) is 0 Å². The van der Waals surface area contributed by atoms with Crippen molar-refractivity contribution in [1.29, 1.82) is 0 Å². The predicted molar refractivity (Wildman–Crippen MR) is 101 cm³/mol. The molecule has 1 amide bonds. The van der Waals surface area contributed by atoms with E-state index in [1.165, 1.54) is 43.3 Å². The van der Waals surface area contributed by atoms with Crippen molar-refractivity contribution in [2.45, 2.75) is 11.4 Å². The molecule has 2 aromatic rings. The zero-order valence-corrected chi connectivity index (χ0v) is 16.8. The quantitative estimate of drug-likeness (QED) is 0.676. The van der Waals surface area contributed by atoms with Crippen molar-refractivity contribution >= 4 is 39.1 Å². The number of halogens is 2. The monoisotopic (exact) mass is 416 g/mol. The fourth-order valence-electron chi connectivity index (χ4n) is 2.23. The van der Waals surface area contributed by atoms with E-state index in [4.69, 9.17) is 28.0 Å². The number of rotatable bonds is 6. The molecule has 2 aromatic carbocycles. The fourth-order valence-corrected chi connectivity index (χ4v) is 3.59. The molecule has 2 rings (SSSR count). The number of carbonyl (C=O) groups excluding carboxylic acids is 1. The number of benzene rings is 2. The summed E-state index contributed by atoms with van der Waals surface area (Å²) in [7, 11) is 0.415. The molecule has 0 aliphatic heterocycles. The lowest BCUT2D eigenvalue weighted by atomic mass is 10.1. The van der Waals surface area contributed by atoms with Gasteiger partial charge in [0.05, 0.1) is 22.1 Å². The Kier molecular flexibility index (Phi) is 6.65. The van der Waals surface area contributed by atoms with E-state index < -0.39 is 10.0 Å². The van der Waals surface area contributed by atoms with Crippen LogP contribution in [0.2, 0.25) is 10.0 Å². The molecule has 0 atom stereocenters. The third-order valence-corrected chi connectivity index (χ3v) is 6.33. The fraction of sp³-hybridized carbons (Fsp3) is 0.235. The van der Waals surface area contributed by atoms with Crippen LogP contribution >= 0.6 is 23.2 Å². The van der Waals surface area contributed by atoms with Crippen molar-refractivity contribution in [3.63, 3.8) is 0 Å². The van der Waals surface area contributed by atoms with Gasteiger partial charge in [0.15, 0.2) is 0 Å². The van der Waals surface area contributed by atoms with Gasteiger partial charge < -0.3 is 4.90 Å². The summed E-state index contributed by atoms with van der Waals surface area (Å²) in [6, 6.07) is 10.8. The van der Waals surface area contributed by atoms with E-state index in [1.807, 2.05) is 0 Å². The standard InChI is InChI=1S/C17H18Cl2N2O4S/c1-20(11-13-5-4-6-15(18)16(13)19)17(22)12-7-9-14(10-8-12)26(23,24)21(2)25-3/h4-10H,11H2,1-3H3. The van der Waals surface area contributed by atoms with E-state index in [0.717, 1.165) is 10.0 Å². The molecule has 0 N–H and O–H groups in total. The third kappa shape index (κ3) is 4.36. The molecule has 0 bridgehead atoms. The first-order chi connectivity index (χ1) is 12.2. The number of carbonyl (C=O) groups is 1. The Hall–Kier alpha value is -1.64. The van der Waals surface area contributed by atoms with Crippen LogP contribution in [0.15, 0.2) is 47.4 Å². The minimum absolute atomic E-state index is 0.0268. The topological polar surface area (TPSA) is 66.9 Å². The van der Waals surface area contributed by atoms with Crippen molar-refractivity contribution < 1.29 is 18.0 Å². The smallest absolute Gasteiger partial charge is 0.264 e. The Morgan fingerprint density at radius 1 is 1.08 bits per heavy atom. The largest absolute Gasteiger partial charge is 0.337 e. The summed E-state index contributed by atoms with van der Waals surface area (Å²) in [5.74, 6) is -0.273. The predicted octanol–water partition coefficient (Wildman–Crippen LogP) is 3.45. The molecule has 0 aliphatic rings. The van der Waals surface area contributed by atoms with Crippen LogP contribution in [0.1, 0.15) is 15.9 Å². The maximum Gasteiger partial charge on any atom is 0.264 e. The average molecular weight is 417 g/mol. The molecular weight excluding hydrogens is 399 g/mol. The summed E-state index contributed by atoms with van der Waals surface area (Å²) in [5.41, 5.74) is 1.07. The number of nitrogens with zero attached hydrogens (tertiary/aromatic N) is 2. The minimum atomic E-state index is -3.76. The second-order valence-electron chi connectivity index (χ2n) is 5.50. The summed E-state index contributed by atoms with van der Waals surface area (Å²) < 4.78 is 25.1. The highest BCUT2D eigenvalue weighted by molar-refractivity contribution is 7.89. The molecule has 0 saturated carbocycles. The van der Waals surface area contributed by atoms with Crippen LogP contribution in [-0.2, 0) is 21.4 Å². The van der Waals surface area contributed by atoms with Crippen molar-refractivity contribution in [1.82, 2.24) is 9.37 Å². The lowest BCUT2D eigenvalue weighted by molar-refractivity contribution is -0.0258. The molecular formula is C17H18Cl2N2O4S. The zero-order valence-electron chi connectivity index (χ0n) is 14.4. The number of hydrogen-bond donors (Lipinski definition) is 0. The van der Waals surface area contributed by atoms with Gasteiger partial charge >= 0.3 is 0 Å². The first kappa shape index (κ1) is 20.7. The van der Waals surface area contributed by atoms with Gasteiger partial charge in [-0.1, -0.05) is 39.8 Å². The Bertz CT molecular complexity index is 901. The van der Waals surface area contributed by atoms with Gasteiger partial charge in [-0.15, -0.1) is 0 Å². The van der Waals surface area contributed by atoms with Crippen LogP contribution in [0.4, 0.5) is 0 Å². The van der Waals surface area contributed by atoms with Crippen molar-refractivity contribution in [2.75, 3.05) is 21.2 Å². The molecule has 0 radical (unpaired) electrons. The summed E-state index contributed by atoms with van der Waals surface area (Å²) in [5, 5.41) is 0.819. The van der Waals surface area contributed by atoms with Crippen LogP contribution in [-0.4, -0.2) is 44.9 Å². The van der Waals surface area contributed by atoms with Crippen LogP contribution in [0.25, 0.3) is 0 Å². The Balaban J connectivity index is 2.18. The normalized spacial score (nSPS) is 11.6. The van der Waals surface area contributed by atoms with Crippen molar-refractivity contribution in [3.8, 4) is 0 Å². The van der Waals surface area contributed by atoms with Gasteiger partial charge in [0.1, 0.15) is 0 Å². The van der Waals surface area contributed by atoms with Gasteiger partial charge in [0.2, 0.25) is 0 Å². The maximum absolute atomic E-state index is 12.6. The van der Waals surface area contributed by atoms with Gasteiger partial charge in [-0.25, -0.2) is 8.42 Å². The molecule has 0 saturated heterocycles. The molecule has 0 aliphatic carbocycles. The number of hydroxylamine groups is 1. The molecule has 0 aromatic heterocycles. The number of sulfonamides is 1. The molecule has 26 heavy (non-hydrogen) atoms. The maximum atomic E-state index is 12.6. The van der Waals surface area contributed by atoms with Crippen molar-refractivity contribution in [3.05, 3.63) is 63.6 Å². The molecule has 9 heteroatoms. The summed E-state index contributed by atoms with van der Waals surface area (Å²) in [6.07, 6.45) is 0. The highest BCUT2D eigenvalue weighted by Crippen LogP contribution is 2.26. The lowest BCUT2D eigenvalue weighted by Crippen LogP contribution is -2.27. The van der Waals surface area contributed by atoms with Gasteiger partial charge in [-0.2, -0.15) is 0 Å². The van der Waals surface area contributed by atoms with Crippen LogP contribution in [0.5, 0.6) is 0 Å². The molecule has 0 fully saturated rings. The van der Waals surface area contributed by atoms with E-state index in [-0.39, 0.29) is 17.3 Å². The SMILES string of the molecule is CON(C)S(=O)(=O)c1ccc(C(=O)N(C)Cc2cccc(Cl)c2Cl)cc1. The van der Waals surface area contributed by atoms with Gasteiger partial charge in [0, 0.05) is 26.2 Å². The van der Waals surface area contributed by atoms with E-state index in [0.29, 0.717) is 15.6 Å².